The lowest BCUT2D eigenvalue weighted by molar-refractivity contribution is -0.908. The van der Waals surface area contributed by atoms with Crippen LogP contribution in [0.4, 0.5) is 5.82 Å². The van der Waals surface area contributed by atoms with E-state index in [9.17, 15) is 18.0 Å². The van der Waals surface area contributed by atoms with Crippen LogP contribution in [0.2, 0.25) is 0 Å². The Hall–Kier alpha value is -2.08. The number of hydrogen-bond donors (Lipinski definition) is 1. The molecule has 11 heteroatoms. The Bertz CT molecular complexity index is 995. The molecule has 0 radical (unpaired) electrons. The van der Waals surface area contributed by atoms with E-state index in [1.807, 2.05) is 6.07 Å². The smallest absolute Gasteiger partial charge is 0.274 e. The normalized spacial score (nSPS) is 24.8. The summed E-state index contributed by atoms with van der Waals surface area (Å²) in [4.78, 5) is 33.8. The van der Waals surface area contributed by atoms with Crippen molar-refractivity contribution in [2.75, 3.05) is 64.1 Å². The van der Waals surface area contributed by atoms with Crippen molar-refractivity contribution >= 4 is 27.7 Å². The Morgan fingerprint density at radius 3 is 2.36 bits per heavy atom. The highest BCUT2D eigenvalue weighted by molar-refractivity contribution is 7.89. The Kier molecular flexibility index (Phi) is 6.15. The van der Waals surface area contributed by atoms with Crippen LogP contribution in [0.3, 0.4) is 0 Å². The minimum absolute atomic E-state index is 0.0118. The predicted molar refractivity (Wildman–Crippen MR) is 118 cm³/mol. The number of aromatic amines is 1. The van der Waals surface area contributed by atoms with Crippen LogP contribution >= 0.6 is 0 Å². The Morgan fingerprint density at radius 1 is 1.03 bits per heavy atom. The summed E-state index contributed by atoms with van der Waals surface area (Å²) in [6, 6.07) is 3.47. The number of anilines is 1. The minimum Gasteiger partial charge on any atom is -0.379 e. The first-order chi connectivity index (χ1) is 15.9. The number of quaternary nitrogens is 1. The van der Waals surface area contributed by atoms with Gasteiger partial charge in [-0.15, -0.1) is 0 Å². The van der Waals surface area contributed by atoms with Gasteiger partial charge in [0.25, 0.3) is 5.82 Å². The predicted octanol–water partition coefficient (Wildman–Crippen LogP) is -1.50. The number of nitrogens with one attached hydrogen (secondary N) is 2. The molecule has 0 bridgehead atoms. The van der Waals surface area contributed by atoms with E-state index in [0.717, 1.165) is 57.7 Å². The summed E-state index contributed by atoms with van der Waals surface area (Å²) < 4.78 is 32.3. The van der Waals surface area contributed by atoms with Gasteiger partial charge in [-0.25, -0.2) is 18.3 Å². The number of carbonyl (C=O) groups excluding carboxylic acids is 2. The van der Waals surface area contributed by atoms with Gasteiger partial charge in [0.15, 0.2) is 6.67 Å². The number of H-pyrrole nitrogens is 1. The van der Waals surface area contributed by atoms with Crippen LogP contribution < -0.4 is 14.8 Å². The number of sulfonamides is 1. The number of carbonyl (C=O) groups is 2. The monoisotopic (exact) mass is 479 g/mol. The number of imide groups is 1. The summed E-state index contributed by atoms with van der Waals surface area (Å²) in [5, 5.41) is 0. The fourth-order valence-electron chi connectivity index (χ4n) is 5.60. The zero-order valence-corrected chi connectivity index (χ0v) is 19.7. The summed E-state index contributed by atoms with van der Waals surface area (Å²) >= 11 is 0. The molecule has 2 amide bonds. The largest absolute Gasteiger partial charge is 0.379 e. The average Bonchev–Trinajstić information content (AvgIpc) is 3.40. The maximum absolute atomic E-state index is 12.9. The molecule has 10 nitrogen and oxygen atoms in total. The molecule has 0 unspecified atom stereocenters. The zero-order chi connectivity index (χ0) is 23.1. The lowest BCUT2D eigenvalue weighted by Gasteiger charge is -2.31. The van der Waals surface area contributed by atoms with Crippen LogP contribution in [0.25, 0.3) is 0 Å². The third kappa shape index (κ3) is 4.27. The molecular formula is C22H33N5O5S+2. The Morgan fingerprint density at radius 2 is 1.73 bits per heavy atom. The summed E-state index contributed by atoms with van der Waals surface area (Å²) in [6.45, 7) is 5.19. The Balaban J connectivity index is 1.17. The van der Waals surface area contributed by atoms with Crippen LogP contribution in [0.15, 0.2) is 23.2 Å². The summed E-state index contributed by atoms with van der Waals surface area (Å²) in [6.07, 6.45) is 5.74. The molecule has 180 valence electrons. The van der Waals surface area contributed by atoms with Gasteiger partial charge in [-0.05, 0) is 18.9 Å². The molecule has 33 heavy (non-hydrogen) atoms. The van der Waals surface area contributed by atoms with Gasteiger partial charge in [-0.1, -0.05) is 12.8 Å². The number of hydrogen-bond acceptors (Lipinski definition) is 6. The van der Waals surface area contributed by atoms with E-state index < -0.39 is 15.4 Å². The van der Waals surface area contributed by atoms with E-state index in [1.165, 1.54) is 14.1 Å². The van der Waals surface area contributed by atoms with Gasteiger partial charge in [0.2, 0.25) is 21.8 Å². The van der Waals surface area contributed by atoms with Crippen LogP contribution in [-0.4, -0.2) is 88.6 Å². The standard InChI is InChI=1S/C22H31N5O5S/c28-20-15-22(5-1-2-6-22)21(29)27(20)17-24-7-9-25(10-8-24)19-4-3-18(16-23-19)33(30,31)26-11-13-32-14-12-26/h3-4,16H,1-2,5-15,17H2/p+2. The first-order valence-electron chi connectivity index (χ1n) is 11.9. The van der Waals surface area contributed by atoms with Crippen molar-refractivity contribution in [1.29, 1.82) is 0 Å². The minimum atomic E-state index is -3.52. The second-order valence-corrected chi connectivity index (χ2v) is 11.6. The number of amides is 2. The molecule has 1 aromatic rings. The molecule has 1 saturated carbocycles. The van der Waals surface area contributed by atoms with Crippen LogP contribution in [0.1, 0.15) is 32.1 Å². The van der Waals surface area contributed by atoms with Crippen molar-refractivity contribution in [3.05, 3.63) is 18.3 Å². The highest BCUT2D eigenvalue weighted by Gasteiger charge is 2.53. The molecule has 2 N–H and O–H groups in total. The van der Waals surface area contributed by atoms with Crippen molar-refractivity contribution in [3.8, 4) is 0 Å². The van der Waals surface area contributed by atoms with E-state index in [0.29, 0.717) is 39.4 Å². The molecular weight excluding hydrogens is 446 g/mol. The van der Waals surface area contributed by atoms with E-state index in [-0.39, 0.29) is 16.7 Å². The van der Waals surface area contributed by atoms with Gasteiger partial charge in [0.1, 0.15) is 37.3 Å². The number of pyridine rings is 1. The second kappa shape index (κ2) is 8.94. The molecule has 3 saturated heterocycles. The third-order valence-corrected chi connectivity index (χ3v) is 9.51. The molecule has 3 aliphatic heterocycles. The number of morpholine rings is 1. The average molecular weight is 480 g/mol. The third-order valence-electron chi connectivity index (χ3n) is 7.62. The summed E-state index contributed by atoms with van der Waals surface area (Å²) in [5.74, 6) is 0.903. The number of rotatable bonds is 5. The van der Waals surface area contributed by atoms with Gasteiger partial charge in [0, 0.05) is 25.6 Å². The molecule has 1 spiro atoms. The molecule has 0 aromatic carbocycles. The fraction of sp³-hybridized carbons (Fsp3) is 0.682. The van der Waals surface area contributed by atoms with Crippen LogP contribution in [0.5, 0.6) is 0 Å². The summed E-state index contributed by atoms with van der Waals surface area (Å²) in [5.41, 5.74) is -0.406. The maximum Gasteiger partial charge on any atom is 0.274 e. The van der Waals surface area contributed by atoms with Crippen LogP contribution in [-0.2, 0) is 24.3 Å². The number of nitrogens with zero attached hydrogens (tertiary/aromatic N) is 3. The van der Waals surface area contributed by atoms with Gasteiger partial charge in [-0.3, -0.25) is 14.5 Å². The van der Waals surface area contributed by atoms with E-state index >= 15 is 0 Å². The van der Waals surface area contributed by atoms with E-state index in [1.54, 1.807) is 12.3 Å². The van der Waals surface area contributed by atoms with Gasteiger partial charge in [-0.2, -0.15) is 4.31 Å². The molecule has 4 fully saturated rings. The van der Waals surface area contributed by atoms with Gasteiger partial charge < -0.3 is 9.64 Å². The van der Waals surface area contributed by atoms with Gasteiger partial charge in [0.05, 0.1) is 18.6 Å². The number of ether oxygens (including phenoxy) is 1. The van der Waals surface area contributed by atoms with Crippen molar-refractivity contribution < 1.29 is 32.6 Å². The maximum atomic E-state index is 12.9. The van der Waals surface area contributed by atoms with Gasteiger partial charge >= 0.3 is 0 Å². The second-order valence-electron chi connectivity index (χ2n) is 9.61. The number of aromatic nitrogens is 1. The first kappa shape index (κ1) is 22.7. The van der Waals surface area contributed by atoms with Crippen molar-refractivity contribution in [1.82, 2.24) is 9.21 Å². The lowest BCUT2D eigenvalue weighted by atomic mass is 9.85. The van der Waals surface area contributed by atoms with Crippen molar-refractivity contribution in [2.45, 2.75) is 37.0 Å². The molecule has 1 aliphatic carbocycles. The van der Waals surface area contributed by atoms with Crippen molar-refractivity contribution in [3.63, 3.8) is 0 Å². The molecule has 0 atom stereocenters. The first-order valence-corrected chi connectivity index (χ1v) is 13.4. The topological polar surface area (TPSA) is 106 Å². The molecule has 5 rings (SSSR count). The zero-order valence-electron chi connectivity index (χ0n) is 18.9. The van der Waals surface area contributed by atoms with Crippen molar-refractivity contribution in [2.24, 2.45) is 5.41 Å². The molecule has 4 heterocycles. The Labute approximate surface area is 194 Å². The quantitative estimate of drug-likeness (QED) is 0.516. The molecule has 4 aliphatic rings. The lowest BCUT2D eigenvalue weighted by Crippen LogP contribution is -3.16. The highest BCUT2D eigenvalue weighted by atomic mass is 32.2. The van der Waals surface area contributed by atoms with E-state index in [4.69, 9.17) is 4.74 Å². The number of piperazine rings is 1. The molecule has 1 aromatic heterocycles. The van der Waals surface area contributed by atoms with E-state index in [2.05, 4.69) is 9.88 Å². The fourth-order valence-corrected chi connectivity index (χ4v) is 6.98. The SMILES string of the molecule is O=C1CC2(CCCC2)C(=O)N1C[NH+]1CCN(c2ccc(S(=O)(=O)N3CCOCC3)c[nH+]2)CC1. The van der Waals surface area contributed by atoms with Crippen LogP contribution in [0, 0.1) is 5.41 Å². The summed E-state index contributed by atoms with van der Waals surface area (Å²) in [7, 11) is -3.52. The highest BCUT2D eigenvalue weighted by Crippen LogP contribution is 2.46. The number of likely N-dealkylation sites (tertiary alicyclic amines) is 1.